The van der Waals surface area contributed by atoms with Gasteiger partial charge in [0, 0.05) is 13.1 Å². The molecule has 3 rings (SSSR count). The van der Waals surface area contributed by atoms with Crippen molar-refractivity contribution in [3.8, 4) is 0 Å². The highest BCUT2D eigenvalue weighted by molar-refractivity contribution is 8.59. The van der Waals surface area contributed by atoms with Gasteiger partial charge in [-0.1, -0.05) is 12.2 Å². The molecule has 10 heteroatoms. The minimum Gasteiger partial charge on any atom is -0.360 e. The molecule has 2 N–H and O–H groups in total. The smallest absolute Gasteiger partial charge is 0.278 e. The maximum absolute atomic E-state index is 12.0. The number of hydrogen-bond acceptors (Lipinski definition) is 6. The van der Waals surface area contributed by atoms with Crippen LogP contribution in [0.3, 0.4) is 0 Å². The Morgan fingerprint density at radius 3 is 3.10 bits per heavy atom. The molecular formula is C11H17N4O3PS2. The maximum atomic E-state index is 12.0. The van der Waals surface area contributed by atoms with Crippen LogP contribution in [-0.4, -0.2) is 33.3 Å². The quantitative estimate of drug-likeness (QED) is 0.557. The summed E-state index contributed by atoms with van der Waals surface area (Å²) in [6.45, 7) is 0.563. The lowest BCUT2D eigenvalue weighted by atomic mass is 10.2. The number of fused-ring (bicyclic) bond motifs is 1. The first-order chi connectivity index (χ1) is 9.85. The van der Waals surface area contributed by atoms with E-state index in [1.165, 1.54) is 10.9 Å². The van der Waals surface area contributed by atoms with Crippen molar-refractivity contribution < 1.29 is 9.42 Å². The Labute approximate surface area is 132 Å². The Kier molecular flexibility index (Phi) is 4.04. The van der Waals surface area contributed by atoms with Crippen LogP contribution in [0.15, 0.2) is 11.1 Å². The van der Waals surface area contributed by atoms with E-state index < -0.39 is 5.69 Å². The van der Waals surface area contributed by atoms with E-state index in [9.17, 15) is 9.69 Å². The highest BCUT2D eigenvalue weighted by Crippen LogP contribution is 2.51. The lowest BCUT2D eigenvalue weighted by Crippen LogP contribution is -2.34. The summed E-state index contributed by atoms with van der Waals surface area (Å²) in [5.41, 5.74) is -2.46. The van der Waals surface area contributed by atoms with Crippen molar-refractivity contribution in [2.24, 2.45) is 7.05 Å². The Balaban J connectivity index is 1.76. The maximum Gasteiger partial charge on any atom is 0.278 e. The van der Waals surface area contributed by atoms with E-state index in [0.29, 0.717) is 18.2 Å². The first-order valence-electron chi connectivity index (χ1n) is 6.65. The zero-order valence-electron chi connectivity index (χ0n) is 11.5. The van der Waals surface area contributed by atoms with Crippen LogP contribution in [0, 0.1) is 0 Å². The molecular weight excluding hydrogens is 331 g/mol. The van der Waals surface area contributed by atoms with E-state index >= 15 is 0 Å². The summed E-state index contributed by atoms with van der Waals surface area (Å²) in [6.07, 6.45) is 3.93. The molecule has 1 saturated carbocycles. The van der Waals surface area contributed by atoms with Gasteiger partial charge in [0.2, 0.25) is 5.69 Å². The van der Waals surface area contributed by atoms with Crippen LogP contribution < -0.4 is 15.8 Å². The molecule has 1 aliphatic heterocycles. The molecule has 1 aromatic heterocycles. The number of nitrogens with zero attached hydrogens (tertiary/aromatic N) is 3. The van der Waals surface area contributed by atoms with Crippen LogP contribution in [0.4, 0.5) is 11.5 Å². The topological polar surface area (TPSA) is 79.6 Å². The van der Waals surface area contributed by atoms with Crippen molar-refractivity contribution in [1.82, 2.24) is 9.55 Å². The molecule has 0 radical (unpaired) electrons. The fraction of sp³-hybridized carbons (Fsp3) is 0.636. The number of hydrogen-bond donors (Lipinski definition) is 3. The first kappa shape index (κ1) is 15.3. The van der Waals surface area contributed by atoms with Crippen molar-refractivity contribution in [1.29, 1.82) is 0 Å². The number of aryl methyl sites for hydroxylation is 1. The third-order valence-corrected chi connectivity index (χ3v) is 5.01. The number of thiol groups is 1. The Bertz CT molecular complexity index is 661. The number of rotatable bonds is 3. The third-order valence-electron chi connectivity index (χ3n) is 3.89. The average molecular weight is 348 g/mol. The second kappa shape index (κ2) is 5.55. The van der Waals surface area contributed by atoms with Crippen molar-refractivity contribution in [3.05, 3.63) is 16.7 Å². The summed E-state index contributed by atoms with van der Waals surface area (Å²) in [7, 11) is 1.68. The summed E-state index contributed by atoms with van der Waals surface area (Å²) in [5, 5.41) is 3.11. The Morgan fingerprint density at radius 2 is 2.38 bits per heavy atom. The van der Waals surface area contributed by atoms with Gasteiger partial charge in [-0.25, -0.2) is 4.98 Å². The van der Waals surface area contributed by atoms with Crippen LogP contribution in [0.1, 0.15) is 19.3 Å². The van der Waals surface area contributed by atoms with Crippen LogP contribution in [0.25, 0.3) is 0 Å². The molecule has 2 heterocycles. The molecule has 116 valence electrons. The van der Waals surface area contributed by atoms with Gasteiger partial charge in [0.1, 0.15) is 5.69 Å². The SMILES string of the molecule is Cn1cnc2c(c1=O)NCN2C1CCC(OP(O)(=S)S)C1. The third kappa shape index (κ3) is 3.12. The van der Waals surface area contributed by atoms with Gasteiger partial charge in [-0.3, -0.25) is 4.79 Å². The molecule has 1 aromatic rings. The normalized spacial score (nSPS) is 27.3. The lowest BCUT2D eigenvalue weighted by Gasteiger charge is -2.25. The fourth-order valence-electron chi connectivity index (χ4n) is 2.93. The van der Waals surface area contributed by atoms with E-state index in [0.717, 1.165) is 19.3 Å². The van der Waals surface area contributed by atoms with Crippen LogP contribution in [-0.2, 0) is 23.4 Å². The number of nitrogens with one attached hydrogen (secondary N) is 1. The van der Waals surface area contributed by atoms with Crippen molar-refractivity contribution in [2.75, 3.05) is 16.9 Å². The first-order valence-corrected chi connectivity index (χ1v) is 10.5. The summed E-state index contributed by atoms with van der Waals surface area (Å²) in [4.78, 5) is 28.0. The van der Waals surface area contributed by atoms with Gasteiger partial charge >= 0.3 is 0 Å². The molecule has 0 spiro atoms. The van der Waals surface area contributed by atoms with Crippen LogP contribution >= 0.6 is 17.9 Å². The van der Waals surface area contributed by atoms with E-state index in [1.807, 2.05) is 0 Å². The van der Waals surface area contributed by atoms with Gasteiger partial charge in [0.05, 0.1) is 19.1 Å². The highest BCUT2D eigenvalue weighted by Gasteiger charge is 2.36. The van der Waals surface area contributed by atoms with E-state index in [1.54, 1.807) is 7.05 Å². The average Bonchev–Trinajstić information content (AvgIpc) is 2.98. The second-order valence-electron chi connectivity index (χ2n) is 5.35. The molecule has 0 aromatic carbocycles. The van der Waals surface area contributed by atoms with Crippen molar-refractivity contribution in [2.45, 2.75) is 31.4 Å². The summed E-state index contributed by atoms with van der Waals surface area (Å²) in [6, 6.07) is 0.221. The molecule has 3 unspecified atom stereocenters. The molecule has 7 nitrogen and oxygen atoms in total. The largest absolute Gasteiger partial charge is 0.360 e. The zero-order chi connectivity index (χ0) is 15.2. The minimum absolute atomic E-state index is 0.0745. The van der Waals surface area contributed by atoms with Crippen LogP contribution in [0.2, 0.25) is 0 Å². The Morgan fingerprint density at radius 1 is 1.62 bits per heavy atom. The standard InChI is InChI=1S/C11H17N4O3PS2/c1-14-5-13-10-9(11(14)16)12-6-15(10)7-2-3-8(4-7)18-19(17,20)21/h5,7-8,12H,2-4,6H2,1H3,(H2,17,20,21). The van der Waals surface area contributed by atoms with Gasteiger partial charge in [0.25, 0.3) is 5.56 Å². The van der Waals surface area contributed by atoms with Crippen molar-refractivity contribution in [3.63, 3.8) is 0 Å². The minimum atomic E-state index is -2.93. The van der Waals surface area contributed by atoms with Gasteiger partial charge in [-0.2, -0.15) is 0 Å². The monoisotopic (exact) mass is 348 g/mol. The second-order valence-corrected chi connectivity index (χ2v) is 10.5. The predicted molar refractivity (Wildman–Crippen MR) is 88.4 cm³/mol. The van der Waals surface area contributed by atoms with E-state index in [2.05, 4.69) is 27.4 Å². The number of aromatic nitrogens is 2. The predicted octanol–water partition coefficient (Wildman–Crippen LogP) is 1.05. The Hall–Kier alpha value is -0.600. The highest BCUT2D eigenvalue weighted by atomic mass is 32.9. The van der Waals surface area contributed by atoms with Gasteiger partial charge in [-0.05, 0) is 31.1 Å². The molecule has 2 aliphatic rings. The summed E-state index contributed by atoms with van der Waals surface area (Å²) >= 11 is 8.73. The molecule has 0 amide bonds. The van der Waals surface area contributed by atoms with Crippen molar-refractivity contribution >= 4 is 41.3 Å². The summed E-state index contributed by atoms with van der Waals surface area (Å²) in [5.74, 6) is 0.693. The molecule has 21 heavy (non-hydrogen) atoms. The number of anilines is 2. The molecule has 1 fully saturated rings. The van der Waals surface area contributed by atoms with Crippen LogP contribution in [0.5, 0.6) is 0 Å². The van der Waals surface area contributed by atoms with E-state index in [4.69, 9.17) is 16.3 Å². The fourth-order valence-corrected chi connectivity index (χ4v) is 4.28. The molecule has 0 saturated heterocycles. The molecule has 3 atom stereocenters. The van der Waals surface area contributed by atoms with Gasteiger partial charge in [0.15, 0.2) is 5.82 Å². The lowest BCUT2D eigenvalue weighted by molar-refractivity contribution is 0.214. The van der Waals surface area contributed by atoms with E-state index in [-0.39, 0.29) is 17.7 Å². The zero-order valence-corrected chi connectivity index (χ0v) is 14.1. The summed E-state index contributed by atoms with van der Waals surface area (Å²) < 4.78 is 6.89. The molecule has 0 bridgehead atoms. The molecule has 1 aliphatic carbocycles. The van der Waals surface area contributed by atoms with Gasteiger partial charge in [-0.15, -0.1) is 0 Å². The van der Waals surface area contributed by atoms with Gasteiger partial charge < -0.3 is 24.2 Å².